The van der Waals surface area contributed by atoms with Crippen molar-refractivity contribution in [2.24, 2.45) is 0 Å². The van der Waals surface area contributed by atoms with Crippen LogP contribution in [0.4, 0.5) is 0 Å². The molecule has 3 atom stereocenters. The van der Waals surface area contributed by atoms with Crippen molar-refractivity contribution in [2.45, 2.75) is 38.2 Å². The minimum Gasteiger partial charge on any atom is -0.390 e. The van der Waals surface area contributed by atoms with Crippen molar-refractivity contribution in [1.29, 1.82) is 0 Å². The van der Waals surface area contributed by atoms with E-state index in [0.29, 0.717) is 24.1 Å². The number of hydrogen-bond donors (Lipinski definition) is 2. The first-order chi connectivity index (χ1) is 8.70. The van der Waals surface area contributed by atoms with Gasteiger partial charge < -0.3 is 9.84 Å². The zero-order valence-electron chi connectivity index (χ0n) is 9.91. The van der Waals surface area contributed by atoms with Gasteiger partial charge in [-0.05, 0) is 6.42 Å². The van der Waals surface area contributed by atoms with Crippen LogP contribution >= 0.6 is 0 Å². The monoisotopic (exact) mass is 250 g/mol. The van der Waals surface area contributed by atoms with Gasteiger partial charge in [0.2, 0.25) is 0 Å². The van der Waals surface area contributed by atoms with Gasteiger partial charge in [0.1, 0.15) is 6.23 Å². The second-order valence-electron chi connectivity index (χ2n) is 4.37. The SMILES string of the molecule is CC[C@H]1O[C@@H](n2c(=O)[nH]c3nccnc32)CC1O. The van der Waals surface area contributed by atoms with Gasteiger partial charge in [-0.1, -0.05) is 6.92 Å². The Morgan fingerprint density at radius 1 is 1.56 bits per heavy atom. The fraction of sp³-hybridized carbons (Fsp3) is 0.545. The molecular weight excluding hydrogens is 236 g/mol. The third kappa shape index (κ3) is 1.63. The van der Waals surface area contributed by atoms with Crippen LogP contribution in [0, 0.1) is 0 Å². The summed E-state index contributed by atoms with van der Waals surface area (Å²) in [7, 11) is 0. The van der Waals surface area contributed by atoms with Gasteiger partial charge in [-0.2, -0.15) is 0 Å². The van der Waals surface area contributed by atoms with E-state index < -0.39 is 12.3 Å². The molecular formula is C11H14N4O3. The Kier molecular flexibility index (Phi) is 2.64. The lowest BCUT2D eigenvalue weighted by Crippen LogP contribution is -2.22. The van der Waals surface area contributed by atoms with Crippen LogP contribution in [-0.4, -0.2) is 36.8 Å². The van der Waals surface area contributed by atoms with Crippen molar-refractivity contribution in [2.75, 3.05) is 0 Å². The van der Waals surface area contributed by atoms with Crippen LogP contribution in [0.15, 0.2) is 17.2 Å². The van der Waals surface area contributed by atoms with E-state index in [0.717, 1.165) is 0 Å². The maximum absolute atomic E-state index is 11.9. The van der Waals surface area contributed by atoms with E-state index in [4.69, 9.17) is 4.74 Å². The molecule has 0 aliphatic carbocycles. The van der Waals surface area contributed by atoms with Gasteiger partial charge in [-0.15, -0.1) is 0 Å². The Hall–Kier alpha value is -1.73. The summed E-state index contributed by atoms with van der Waals surface area (Å²) in [4.78, 5) is 22.7. The molecule has 0 amide bonds. The summed E-state index contributed by atoms with van der Waals surface area (Å²) in [6.07, 6.45) is 2.87. The molecule has 0 saturated carbocycles. The number of fused-ring (bicyclic) bond motifs is 1. The minimum atomic E-state index is -0.548. The number of imidazole rings is 1. The average Bonchev–Trinajstić information content (AvgIpc) is 2.88. The van der Waals surface area contributed by atoms with E-state index in [9.17, 15) is 9.90 Å². The maximum atomic E-state index is 11.9. The number of nitrogens with one attached hydrogen (secondary N) is 1. The van der Waals surface area contributed by atoms with E-state index in [1.54, 1.807) is 0 Å². The van der Waals surface area contributed by atoms with Crippen LogP contribution in [0.1, 0.15) is 26.0 Å². The van der Waals surface area contributed by atoms with Crippen molar-refractivity contribution < 1.29 is 9.84 Å². The lowest BCUT2D eigenvalue weighted by atomic mass is 10.1. The highest BCUT2D eigenvalue weighted by molar-refractivity contribution is 5.64. The molecule has 1 aliphatic heterocycles. The van der Waals surface area contributed by atoms with E-state index >= 15 is 0 Å². The highest BCUT2D eigenvalue weighted by atomic mass is 16.5. The number of aromatic amines is 1. The number of aliphatic hydroxyl groups excluding tert-OH is 1. The molecule has 18 heavy (non-hydrogen) atoms. The molecule has 0 radical (unpaired) electrons. The molecule has 0 spiro atoms. The number of ether oxygens (including phenoxy) is 1. The van der Waals surface area contributed by atoms with Gasteiger partial charge >= 0.3 is 5.69 Å². The van der Waals surface area contributed by atoms with Gasteiger partial charge in [0.25, 0.3) is 0 Å². The Bertz CT molecular complexity index is 620. The second-order valence-corrected chi connectivity index (χ2v) is 4.37. The molecule has 1 saturated heterocycles. The van der Waals surface area contributed by atoms with Gasteiger partial charge in [-0.3, -0.25) is 4.98 Å². The molecule has 0 aromatic carbocycles. The fourth-order valence-electron chi connectivity index (χ4n) is 2.36. The molecule has 2 aromatic heterocycles. The minimum absolute atomic E-state index is 0.233. The summed E-state index contributed by atoms with van der Waals surface area (Å²) in [5.74, 6) is 0. The Morgan fingerprint density at radius 2 is 2.33 bits per heavy atom. The third-order valence-electron chi connectivity index (χ3n) is 3.25. The van der Waals surface area contributed by atoms with Crippen molar-refractivity contribution >= 4 is 11.3 Å². The van der Waals surface area contributed by atoms with Gasteiger partial charge in [0.05, 0.1) is 12.2 Å². The number of aliphatic hydroxyl groups is 1. The Balaban J connectivity index is 2.05. The predicted molar refractivity (Wildman–Crippen MR) is 63.0 cm³/mol. The van der Waals surface area contributed by atoms with Crippen LogP contribution < -0.4 is 5.69 Å². The van der Waals surface area contributed by atoms with Gasteiger partial charge in [0, 0.05) is 18.8 Å². The highest BCUT2D eigenvalue weighted by Gasteiger charge is 2.35. The first kappa shape index (κ1) is 11.4. The number of nitrogens with zero attached hydrogens (tertiary/aromatic N) is 3. The Morgan fingerprint density at radius 3 is 3.06 bits per heavy atom. The van der Waals surface area contributed by atoms with Crippen LogP contribution in [-0.2, 0) is 4.74 Å². The first-order valence-electron chi connectivity index (χ1n) is 5.95. The number of aromatic nitrogens is 4. The molecule has 2 aromatic rings. The fourth-order valence-corrected chi connectivity index (χ4v) is 2.36. The van der Waals surface area contributed by atoms with Crippen LogP contribution in [0.3, 0.4) is 0 Å². The lowest BCUT2D eigenvalue weighted by molar-refractivity contribution is -0.0195. The average molecular weight is 250 g/mol. The van der Waals surface area contributed by atoms with E-state index in [1.807, 2.05) is 6.92 Å². The summed E-state index contributed by atoms with van der Waals surface area (Å²) in [6.45, 7) is 1.94. The zero-order chi connectivity index (χ0) is 12.7. The first-order valence-corrected chi connectivity index (χ1v) is 5.95. The molecule has 2 N–H and O–H groups in total. The zero-order valence-corrected chi connectivity index (χ0v) is 9.91. The standard InChI is InChI=1S/C11H14N4O3/c1-2-7-6(16)5-8(18-7)15-10-9(14-11(15)17)12-3-4-13-10/h3-4,6-8,16H,2,5H2,1H3,(H,12,14,17)/t6?,7-,8-/m1/s1. The van der Waals surface area contributed by atoms with Crippen LogP contribution in [0.25, 0.3) is 11.3 Å². The molecule has 1 unspecified atom stereocenters. The molecule has 7 nitrogen and oxygen atoms in total. The Labute approximate surface area is 102 Å². The summed E-state index contributed by atoms with van der Waals surface area (Å²) >= 11 is 0. The van der Waals surface area contributed by atoms with Crippen LogP contribution in [0.5, 0.6) is 0 Å². The van der Waals surface area contributed by atoms with Crippen LogP contribution in [0.2, 0.25) is 0 Å². The molecule has 1 aliphatic rings. The molecule has 0 bridgehead atoms. The molecule has 96 valence electrons. The van der Waals surface area contributed by atoms with Crippen molar-refractivity contribution in [3.63, 3.8) is 0 Å². The highest BCUT2D eigenvalue weighted by Crippen LogP contribution is 2.30. The van der Waals surface area contributed by atoms with E-state index in [1.165, 1.54) is 17.0 Å². The topological polar surface area (TPSA) is 93.0 Å². The summed E-state index contributed by atoms with van der Waals surface area (Å²) in [5.41, 5.74) is 0.571. The number of H-pyrrole nitrogens is 1. The van der Waals surface area contributed by atoms with Gasteiger partial charge in [-0.25, -0.2) is 19.3 Å². The molecule has 3 heterocycles. The quantitative estimate of drug-likeness (QED) is 0.793. The van der Waals surface area contributed by atoms with E-state index in [-0.39, 0.29) is 11.8 Å². The smallest absolute Gasteiger partial charge is 0.331 e. The maximum Gasteiger partial charge on any atom is 0.331 e. The number of hydrogen-bond acceptors (Lipinski definition) is 5. The number of rotatable bonds is 2. The normalized spacial score (nSPS) is 28.0. The summed E-state index contributed by atoms with van der Waals surface area (Å²) < 4.78 is 7.10. The van der Waals surface area contributed by atoms with Crippen molar-refractivity contribution in [3.05, 3.63) is 22.9 Å². The van der Waals surface area contributed by atoms with E-state index in [2.05, 4.69) is 15.0 Å². The molecule has 7 heteroatoms. The van der Waals surface area contributed by atoms with Crippen molar-refractivity contribution in [3.8, 4) is 0 Å². The molecule has 1 fully saturated rings. The third-order valence-corrected chi connectivity index (χ3v) is 3.25. The largest absolute Gasteiger partial charge is 0.390 e. The second kappa shape index (κ2) is 4.18. The summed E-state index contributed by atoms with van der Waals surface area (Å²) in [5, 5.41) is 9.83. The lowest BCUT2D eigenvalue weighted by Gasteiger charge is -2.12. The summed E-state index contributed by atoms with van der Waals surface area (Å²) in [6, 6.07) is 0. The van der Waals surface area contributed by atoms with Crippen molar-refractivity contribution in [1.82, 2.24) is 19.5 Å². The van der Waals surface area contributed by atoms with Gasteiger partial charge in [0.15, 0.2) is 11.3 Å². The predicted octanol–water partition coefficient (Wildman–Crippen LogP) is 0.178. The molecule has 3 rings (SSSR count).